The third-order valence-corrected chi connectivity index (χ3v) is 3.36. The van der Waals surface area contributed by atoms with Gasteiger partial charge in [0.2, 0.25) is 0 Å². The van der Waals surface area contributed by atoms with Crippen LogP contribution >= 0.6 is 0 Å². The van der Waals surface area contributed by atoms with E-state index in [0.717, 1.165) is 13.0 Å². The first-order valence-electron chi connectivity index (χ1n) is 6.44. The van der Waals surface area contributed by atoms with Gasteiger partial charge in [-0.05, 0) is 24.5 Å². The zero-order valence-electron chi connectivity index (χ0n) is 11.2. The molecule has 2 rings (SSSR count). The molecular formula is C14H19FN2O2. The van der Waals surface area contributed by atoms with E-state index in [-0.39, 0.29) is 11.9 Å². The number of halogens is 1. The number of benzene rings is 1. The van der Waals surface area contributed by atoms with Crippen molar-refractivity contribution in [2.75, 3.05) is 25.1 Å². The van der Waals surface area contributed by atoms with Crippen LogP contribution in [-0.2, 0) is 4.74 Å². The summed E-state index contributed by atoms with van der Waals surface area (Å²) in [6.07, 6.45) is 0.438. The van der Waals surface area contributed by atoms with Gasteiger partial charge in [0, 0.05) is 19.1 Å². The molecule has 0 radical (unpaired) electrons. The standard InChI is InChI=1S/C14H19FN2O2/c1-10-7-11(16-14(18)19-2)9-17(8-10)13-6-4-3-5-12(13)15/h3-6,10-11H,7-9H2,1-2H3,(H,16,18). The highest BCUT2D eigenvalue weighted by Gasteiger charge is 2.27. The minimum Gasteiger partial charge on any atom is -0.453 e. The summed E-state index contributed by atoms with van der Waals surface area (Å²) in [5, 5.41) is 2.79. The molecule has 1 N–H and O–H groups in total. The smallest absolute Gasteiger partial charge is 0.407 e. The van der Waals surface area contributed by atoms with Crippen LogP contribution in [-0.4, -0.2) is 32.3 Å². The number of hydrogen-bond acceptors (Lipinski definition) is 3. The van der Waals surface area contributed by atoms with Crippen molar-refractivity contribution in [3.05, 3.63) is 30.1 Å². The highest BCUT2D eigenvalue weighted by molar-refractivity contribution is 5.67. The summed E-state index contributed by atoms with van der Waals surface area (Å²) >= 11 is 0. The first-order valence-corrected chi connectivity index (χ1v) is 6.44. The van der Waals surface area contributed by atoms with Gasteiger partial charge in [-0.1, -0.05) is 19.1 Å². The van der Waals surface area contributed by atoms with Crippen molar-refractivity contribution in [1.29, 1.82) is 0 Å². The summed E-state index contributed by atoms with van der Waals surface area (Å²) in [4.78, 5) is 13.2. The van der Waals surface area contributed by atoms with E-state index in [4.69, 9.17) is 0 Å². The van der Waals surface area contributed by atoms with Crippen molar-refractivity contribution in [2.45, 2.75) is 19.4 Å². The van der Waals surface area contributed by atoms with Crippen molar-refractivity contribution in [3.8, 4) is 0 Å². The van der Waals surface area contributed by atoms with Crippen LogP contribution in [0.3, 0.4) is 0 Å². The van der Waals surface area contributed by atoms with E-state index in [1.165, 1.54) is 13.2 Å². The number of nitrogens with one attached hydrogen (secondary N) is 1. The van der Waals surface area contributed by atoms with Gasteiger partial charge < -0.3 is 15.0 Å². The highest BCUT2D eigenvalue weighted by Crippen LogP contribution is 2.25. The normalized spacial score (nSPS) is 23.0. The number of ether oxygens (including phenoxy) is 1. The average molecular weight is 266 g/mol. The van der Waals surface area contributed by atoms with Gasteiger partial charge in [0.05, 0.1) is 12.8 Å². The lowest BCUT2D eigenvalue weighted by Crippen LogP contribution is -2.50. The van der Waals surface area contributed by atoms with Crippen molar-refractivity contribution < 1.29 is 13.9 Å². The number of methoxy groups -OCH3 is 1. The van der Waals surface area contributed by atoms with Crippen LogP contribution in [0.2, 0.25) is 0 Å². The zero-order chi connectivity index (χ0) is 13.8. The number of hydrogen-bond donors (Lipinski definition) is 1. The molecule has 1 heterocycles. The van der Waals surface area contributed by atoms with Crippen molar-refractivity contribution in [2.24, 2.45) is 5.92 Å². The SMILES string of the molecule is COC(=O)NC1CC(C)CN(c2ccccc2F)C1. The Morgan fingerprint density at radius 1 is 1.42 bits per heavy atom. The third kappa shape index (κ3) is 3.36. The molecule has 1 amide bonds. The first-order chi connectivity index (χ1) is 9.10. The summed E-state index contributed by atoms with van der Waals surface area (Å²) in [5.41, 5.74) is 0.589. The summed E-state index contributed by atoms with van der Waals surface area (Å²) in [5.74, 6) is 0.156. The minimum atomic E-state index is -0.437. The number of nitrogens with zero attached hydrogens (tertiary/aromatic N) is 1. The largest absolute Gasteiger partial charge is 0.453 e. The fourth-order valence-electron chi connectivity index (χ4n) is 2.59. The Morgan fingerprint density at radius 3 is 2.84 bits per heavy atom. The molecule has 0 aliphatic carbocycles. The molecule has 1 saturated heterocycles. The fourth-order valence-corrected chi connectivity index (χ4v) is 2.59. The number of carbonyl (C=O) groups is 1. The Hall–Kier alpha value is -1.78. The zero-order valence-corrected chi connectivity index (χ0v) is 11.2. The Kier molecular flexibility index (Phi) is 4.24. The Bertz CT molecular complexity index is 453. The van der Waals surface area contributed by atoms with E-state index < -0.39 is 6.09 Å². The van der Waals surface area contributed by atoms with Crippen LogP contribution in [0.15, 0.2) is 24.3 Å². The van der Waals surface area contributed by atoms with Crippen LogP contribution in [0.1, 0.15) is 13.3 Å². The van der Waals surface area contributed by atoms with Gasteiger partial charge in [-0.2, -0.15) is 0 Å². The predicted molar refractivity (Wildman–Crippen MR) is 71.7 cm³/mol. The number of amides is 1. The molecular weight excluding hydrogens is 247 g/mol. The van der Waals surface area contributed by atoms with Gasteiger partial charge >= 0.3 is 6.09 Å². The van der Waals surface area contributed by atoms with Crippen molar-refractivity contribution in [3.63, 3.8) is 0 Å². The lowest BCUT2D eigenvalue weighted by atomic mass is 9.95. The predicted octanol–water partition coefficient (Wildman–Crippen LogP) is 2.40. The Labute approximate surface area is 112 Å². The second-order valence-electron chi connectivity index (χ2n) is 5.03. The Morgan fingerprint density at radius 2 is 2.16 bits per heavy atom. The molecule has 1 aliphatic rings. The molecule has 1 aromatic rings. The summed E-state index contributed by atoms with van der Waals surface area (Å²) in [6.45, 7) is 3.49. The van der Waals surface area contributed by atoms with Crippen molar-refractivity contribution >= 4 is 11.8 Å². The maximum Gasteiger partial charge on any atom is 0.407 e. The molecule has 0 bridgehead atoms. The van der Waals surface area contributed by atoms with E-state index in [2.05, 4.69) is 17.0 Å². The second-order valence-corrected chi connectivity index (χ2v) is 5.03. The first kappa shape index (κ1) is 13.6. The summed E-state index contributed by atoms with van der Waals surface area (Å²) < 4.78 is 18.4. The number of piperidine rings is 1. The molecule has 0 saturated carbocycles. The van der Waals surface area contributed by atoms with E-state index in [1.54, 1.807) is 12.1 Å². The topological polar surface area (TPSA) is 41.6 Å². The molecule has 4 nitrogen and oxygen atoms in total. The number of anilines is 1. The number of carbonyl (C=O) groups excluding carboxylic acids is 1. The summed E-state index contributed by atoms with van der Waals surface area (Å²) in [6, 6.07) is 6.70. The van der Waals surface area contributed by atoms with E-state index in [9.17, 15) is 9.18 Å². The second kappa shape index (κ2) is 5.91. The van der Waals surface area contributed by atoms with E-state index in [1.807, 2.05) is 11.0 Å². The molecule has 1 fully saturated rings. The molecule has 2 atom stereocenters. The molecule has 0 spiro atoms. The molecule has 1 aliphatic heterocycles. The number of para-hydroxylation sites is 1. The number of alkyl carbamates (subject to hydrolysis) is 1. The molecule has 19 heavy (non-hydrogen) atoms. The van der Waals surface area contributed by atoms with Gasteiger partial charge in [0.25, 0.3) is 0 Å². The van der Waals surface area contributed by atoms with Crippen LogP contribution in [0, 0.1) is 11.7 Å². The van der Waals surface area contributed by atoms with Crippen LogP contribution in [0.25, 0.3) is 0 Å². The molecule has 0 aromatic heterocycles. The lowest BCUT2D eigenvalue weighted by Gasteiger charge is -2.38. The van der Waals surface area contributed by atoms with Gasteiger partial charge in [-0.25, -0.2) is 9.18 Å². The maximum absolute atomic E-state index is 13.8. The van der Waals surface area contributed by atoms with Crippen LogP contribution < -0.4 is 10.2 Å². The molecule has 104 valence electrons. The summed E-state index contributed by atoms with van der Waals surface area (Å²) in [7, 11) is 1.34. The average Bonchev–Trinajstić information content (AvgIpc) is 2.38. The van der Waals surface area contributed by atoms with E-state index in [0.29, 0.717) is 18.2 Å². The third-order valence-electron chi connectivity index (χ3n) is 3.36. The van der Waals surface area contributed by atoms with Gasteiger partial charge in [-0.3, -0.25) is 0 Å². The lowest BCUT2D eigenvalue weighted by molar-refractivity contribution is 0.163. The minimum absolute atomic E-state index is 0.0178. The monoisotopic (exact) mass is 266 g/mol. The molecule has 5 heteroatoms. The number of rotatable bonds is 2. The fraction of sp³-hybridized carbons (Fsp3) is 0.500. The molecule has 2 unspecified atom stereocenters. The van der Waals surface area contributed by atoms with Gasteiger partial charge in [0.1, 0.15) is 5.82 Å². The van der Waals surface area contributed by atoms with Gasteiger partial charge in [-0.15, -0.1) is 0 Å². The molecule has 1 aromatic carbocycles. The Balaban J connectivity index is 2.10. The van der Waals surface area contributed by atoms with Crippen LogP contribution in [0.5, 0.6) is 0 Å². The highest BCUT2D eigenvalue weighted by atomic mass is 19.1. The van der Waals surface area contributed by atoms with Crippen molar-refractivity contribution in [1.82, 2.24) is 5.32 Å². The van der Waals surface area contributed by atoms with Gasteiger partial charge in [0.15, 0.2) is 0 Å². The quantitative estimate of drug-likeness (QED) is 0.893. The maximum atomic E-state index is 13.8. The van der Waals surface area contributed by atoms with E-state index >= 15 is 0 Å². The van der Waals surface area contributed by atoms with Crippen LogP contribution in [0.4, 0.5) is 14.9 Å².